The molecule has 1 fully saturated rings. The second kappa shape index (κ2) is 5.77. The van der Waals surface area contributed by atoms with E-state index >= 15 is 0 Å². The first-order valence-electron chi connectivity index (χ1n) is 6.57. The topological polar surface area (TPSA) is 58.6 Å². The van der Waals surface area contributed by atoms with Crippen molar-refractivity contribution in [3.8, 4) is 0 Å². The molecule has 0 aromatic heterocycles. The van der Waals surface area contributed by atoms with E-state index in [2.05, 4.69) is 5.32 Å². The van der Waals surface area contributed by atoms with E-state index in [-0.39, 0.29) is 18.7 Å². The molecule has 1 aliphatic rings. The normalized spacial score (nSPS) is 21.8. The first kappa shape index (κ1) is 15.4. The lowest BCUT2D eigenvalue weighted by Crippen LogP contribution is -2.42. The van der Waals surface area contributed by atoms with Crippen LogP contribution in [0.25, 0.3) is 0 Å². The number of urea groups is 1. The van der Waals surface area contributed by atoms with Crippen LogP contribution in [0.5, 0.6) is 0 Å². The van der Waals surface area contributed by atoms with Crippen molar-refractivity contribution in [2.24, 2.45) is 0 Å². The summed E-state index contributed by atoms with van der Waals surface area (Å²) in [6, 6.07) is 2.15. The van der Waals surface area contributed by atoms with E-state index in [1.54, 1.807) is 6.92 Å². The number of carbonyl (C=O) groups excluding carboxylic acids is 2. The van der Waals surface area contributed by atoms with Gasteiger partial charge in [0.05, 0.1) is 13.2 Å². The number of halogens is 2. The van der Waals surface area contributed by atoms with Gasteiger partial charge in [-0.1, -0.05) is 0 Å². The summed E-state index contributed by atoms with van der Waals surface area (Å²) >= 11 is 0. The van der Waals surface area contributed by atoms with Gasteiger partial charge in [-0.2, -0.15) is 0 Å². The lowest BCUT2D eigenvalue weighted by molar-refractivity contribution is -0.131. The monoisotopic (exact) mass is 298 g/mol. The maximum atomic E-state index is 13.9. The molecule has 1 aromatic rings. The van der Waals surface area contributed by atoms with Crippen LogP contribution in [0.1, 0.15) is 19.4 Å². The Labute approximate surface area is 120 Å². The second-order valence-electron chi connectivity index (χ2n) is 4.83. The highest BCUT2D eigenvalue weighted by atomic mass is 19.1. The molecule has 5 nitrogen and oxygen atoms in total. The van der Waals surface area contributed by atoms with Gasteiger partial charge >= 0.3 is 6.03 Å². The van der Waals surface area contributed by atoms with Crippen molar-refractivity contribution in [3.05, 3.63) is 35.4 Å². The molecule has 1 saturated heterocycles. The zero-order valence-corrected chi connectivity index (χ0v) is 11.8. The maximum absolute atomic E-state index is 13.9. The largest absolute Gasteiger partial charge is 0.380 e. The Bertz CT molecular complexity index is 579. The van der Waals surface area contributed by atoms with Crippen LogP contribution in [0.4, 0.5) is 13.6 Å². The molecule has 1 heterocycles. The average molecular weight is 298 g/mol. The zero-order chi connectivity index (χ0) is 15.6. The summed E-state index contributed by atoms with van der Waals surface area (Å²) in [7, 11) is 0. The lowest BCUT2D eigenvalue weighted by Gasteiger charge is -2.22. The molecule has 1 aliphatic heterocycles. The Morgan fingerprint density at radius 2 is 2.05 bits per heavy atom. The number of benzene rings is 1. The van der Waals surface area contributed by atoms with Gasteiger partial charge in [0.25, 0.3) is 5.91 Å². The van der Waals surface area contributed by atoms with Crippen LogP contribution in [-0.2, 0) is 15.1 Å². The van der Waals surface area contributed by atoms with Gasteiger partial charge in [-0.25, -0.2) is 13.6 Å². The molecule has 1 atom stereocenters. The van der Waals surface area contributed by atoms with Crippen LogP contribution in [0.15, 0.2) is 18.2 Å². The standard InChI is InChI=1S/C14H16F2N2O3/c1-3-21-7-6-18-12(19)14(2,17-13(18)20)10-8-9(15)4-5-11(10)16/h4-5,8H,3,6-7H2,1-2H3,(H,17,20)/t14-/m1/s1. The van der Waals surface area contributed by atoms with E-state index in [9.17, 15) is 18.4 Å². The van der Waals surface area contributed by atoms with Gasteiger partial charge in [-0.05, 0) is 32.0 Å². The third kappa shape index (κ3) is 2.73. The molecule has 1 N–H and O–H groups in total. The van der Waals surface area contributed by atoms with Gasteiger partial charge in [0.1, 0.15) is 17.2 Å². The summed E-state index contributed by atoms with van der Waals surface area (Å²) in [4.78, 5) is 25.2. The molecule has 0 saturated carbocycles. The van der Waals surface area contributed by atoms with Gasteiger partial charge in [0.2, 0.25) is 0 Å². The minimum Gasteiger partial charge on any atom is -0.380 e. The molecule has 0 aliphatic carbocycles. The van der Waals surface area contributed by atoms with Gasteiger partial charge < -0.3 is 10.1 Å². The molecule has 3 amide bonds. The zero-order valence-electron chi connectivity index (χ0n) is 11.8. The third-order valence-corrected chi connectivity index (χ3v) is 3.41. The average Bonchev–Trinajstić information content (AvgIpc) is 2.66. The predicted octanol–water partition coefficient (Wildman–Crippen LogP) is 1.77. The Kier molecular flexibility index (Phi) is 4.22. The number of nitrogens with one attached hydrogen (secondary N) is 1. The van der Waals surface area contributed by atoms with E-state index < -0.39 is 29.1 Å². The number of carbonyl (C=O) groups is 2. The predicted molar refractivity (Wildman–Crippen MR) is 70.4 cm³/mol. The molecule has 0 unspecified atom stereocenters. The highest BCUT2D eigenvalue weighted by molar-refractivity contribution is 6.07. The molecular weight excluding hydrogens is 282 g/mol. The number of nitrogens with zero attached hydrogens (tertiary/aromatic N) is 1. The van der Waals surface area contributed by atoms with E-state index in [1.165, 1.54) is 6.92 Å². The van der Waals surface area contributed by atoms with Gasteiger partial charge in [0.15, 0.2) is 0 Å². The fourth-order valence-corrected chi connectivity index (χ4v) is 2.26. The van der Waals surface area contributed by atoms with Crippen molar-refractivity contribution in [1.29, 1.82) is 0 Å². The Balaban J connectivity index is 2.29. The summed E-state index contributed by atoms with van der Waals surface area (Å²) < 4.78 is 32.3. The second-order valence-corrected chi connectivity index (χ2v) is 4.83. The Morgan fingerprint density at radius 3 is 2.71 bits per heavy atom. The minimum absolute atomic E-state index is 0.0605. The minimum atomic E-state index is -1.62. The number of hydrogen-bond donors (Lipinski definition) is 1. The lowest BCUT2D eigenvalue weighted by atomic mass is 9.91. The molecule has 114 valence electrons. The molecule has 0 spiro atoms. The molecule has 0 bridgehead atoms. The summed E-state index contributed by atoms with van der Waals surface area (Å²) in [5.74, 6) is -2.06. The molecule has 1 aromatic carbocycles. The Morgan fingerprint density at radius 1 is 1.33 bits per heavy atom. The quantitative estimate of drug-likeness (QED) is 0.666. The van der Waals surface area contributed by atoms with Crippen molar-refractivity contribution >= 4 is 11.9 Å². The van der Waals surface area contributed by atoms with Crippen LogP contribution >= 0.6 is 0 Å². The highest BCUT2D eigenvalue weighted by Gasteiger charge is 2.50. The van der Waals surface area contributed by atoms with E-state index in [4.69, 9.17) is 4.74 Å². The molecule has 0 radical (unpaired) electrons. The van der Waals surface area contributed by atoms with E-state index in [0.29, 0.717) is 6.61 Å². The van der Waals surface area contributed by atoms with E-state index in [1.807, 2.05) is 0 Å². The fraction of sp³-hybridized carbons (Fsp3) is 0.429. The molecule has 7 heteroatoms. The van der Waals surface area contributed by atoms with Crippen molar-refractivity contribution in [3.63, 3.8) is 0 Å². The number of amides is 3. The summed E-state index contributed by atoms with van der Waals surface area (Å²) in [5, 5.41) is 2.42. The number of hydrogen-bond acceptors (Lipinski definition) is 3. The van der Waals surface area contributed by atoms with Crippen molar-refractivity contribution < 1.29 is 23.1 Å². The van der Waals surface area contributed by atoms with E-state index in [0.717, 1.165) is 23.1 Å². The van der Waals surface area contributed by atoms with Crippen molar-refractivity contribution in [2.45, 2.75) is 19.4 Å². The number of imide groups is 1. The van der Waals surface area contributed by atoms with Crippen LogP contribution < -0.4 is 5.32 Å². The van der Waals surface area contributed by atoms with Crippen molar-refractivity contribution in [1.82, 2.24) is 10.2 Å². The molecule has 2 rings (SSSR count). The van der Waals surface area contributed by atoms with Gasteiger partial charge in [0, 0.05) is 12.2 Å². The molecule has 21 heavy (non-hydrogen) atoms. The smallest absolute Gasteiger partial charge is 0.325 e. The first-order valence-corrected chi connectivity index (χ1v) is 6.57. The maximum Gasteiger partial charge on any atom is 0.325 e. The number of rotatable bonds is 5. The highest BCUT2D eigenvalue weighted by Crippen LogP contribution is 2.30. The Hall–Kier alpha value is -2.02. The third-order valence-electron chi connectivity index (χ3n) is 3.41. The van der Waals surface area contributed by atoms with Crippen LogP contribution in [0.3, 0.4) is 0 Å². The van der Waals surface area contributed by atoms with Crippen LogP contribution in [0, 0.1) is 11.6 Å². The fourth-order valence-electron chi connectivity index (χ4n) is 2.26. The molecular formula is C14H16F2N2O3. The summed E-state index contributed by atoms with van der Waals surface area (Å²) in [6.07, 6.45) is 0. The number of ether oxygens (including phenoxy) is 1. The van der Waals surface area contributed by atoms with Gasteiger partial charge in [-0.3, -0.25) is 9.69 Å². The SMILES string of the molecule is CCOCCN1C(=O)N[C@](C)(c2cc(F)ccc2F)C1=O. The van der Waals surface area contributed by atoms with Crippen LogP contribution in [-0.4, -0.2) is 36.6 Å². The summed E-state index contributed by atoms with van der Waals surface area (Å²) in [5.41, 5.74) is -1.81. The first-order chi connectivity index (χ1) is 9.90. The van der Waals surface area contributed by atoms with Gasteiger partial charge in [-0.15, -0.1) is 0 Å². The van der Waals surface area contributed by atoms with Crippen LogP contribution in [0.2, 0.25) is 0 Å². The summed E-state index contributed by atoms with van der Waals surface area (Å²) in [6.45, 7) is 3.85. The van der Waals surface area contributed by atoms with Crippen molar-refractivity contribution in [2.75, 3.05) is 19.8 Å².